The van der Waals surface area contributed by atoms with Crippen LogP contribution in [0.25, 0.3) is 0 Å². The molecule has 0 aliphatic carbocycles. The van der Waals surface area contributed by atoms with Gasteiger partial charge in [-0.3, -0.25) is 0 Å². The van der Waals surface area contributed by atoms with Gasteiger partial charge >= 0.3 is 5.97 Å². The summed E-state index contributed by atoms with van der Waals surface area (Å²) >= 11 is 0. The monoisotopic (exact) mass is 305 g/mol. The molecule has 0 bridgehead atoms. The van der Waals surface area contributed by atoms with Gasteiger partial charge in [0.15, 0.2) is 0 Å². The van der Waals surface area contributed by atoms with Crippen LogP contribution < -0.4 is 4.74 Å². The molecule has 0 spiro atoms. The number of hydroxylamine groups is 2. The molecule has 1 fully saturated rings. The van der Waals surface area contributed by atoms with E-state index >= 15 is 0 Å². The molecule has 0 amide bonds. The Kier molecular flexibility index (Phi) is 5.46. The summed E-state index contributed by atoms with van der Waals surface area (Å²) in [4.78, 5) is 17.4. The maximum atomic E-state index is 12.0. The largest absolute Gasteiger partial charge is 0.493 e. The van der Waals surface area contributed by atoms with Gasteiger partial charge in [-0.2, -0.15) is 0 Å². The Balaban J connectivity index is 1.80. The van der Waals surface area contributed by atoms with E-state index in [0.29, 0.717) is 12.5 Å². The summed E-state index contributed by atoms with van der Waals surface area (Å²) < 4.78 is 5.85. The summed E-state index contributed by atoms with van der Waals surface area (Å²) in [6, 6.07) is 8.09. The first-order chi connectivity index (χ1) is 10.3. The lowest BCUT2D eigenvalue weighted by Gasteiger charge is -2.32. The maximum Gasteiger partial charge on any atom is 0.330 e. The maximum absolute atomic E-state index is 12.0. The fraction of sp³-hybridized carbons (Fsp3) is 0.611. The lowest BCUT2D eigenvalue weighted by atomic mass is 9.97. The van der Waals surface area contributed by atoms with E-state index in [1.165, 1.54) is 5.56 Å². The molecule has 1 aromatic rings. The highest BCUT2D eigenvalue weighted by atomic mass is 16.7. The van der Waals surface area contributed by atoms with Crippen LogP contribution in [0.15, 0.2) is 24.3 Å². The van der Waals surface area contributed by atoms with Crippen LogP contribution in [0.2, 0.25) is 0 Å². The fourth-order valence-corrected chi connectivity index (χ4v) is 2.35. The van der Waals surface area contributed by atoms with Crippen LogP contribution >= 0.6 is 0 Å². The van der Waals surface area contributed by atoms with Crippen molar-refractivity contribution in [1.82, 2.24) is 5.06 Å². The normalized spacial score (nSPS) is 19.7. The van der Waals surface area contributed by atoms with Gasteiger partial charge in [-0.25, -0.2) is 4.79 Å². The van der Waals surface area contributed by atoms with Crippen LogP contribution in [0, 0.1) is 18.3 Å². The number of carbonyl (C=O) groups excluding carboxylic acids is 1. The number of nitrogens with zero attached hydrogens (tertiary/aromatic N) is 1. The highest BCUT2D eigenvalue weighted by Crippen LogP contribution is 2.22. The minimum Gasteiger partial charge on any atom is -0.493 e. The van der Waals surface area contributed by atoms with Gasteiger partial charge in [0.2, 0.25) is 0 Å². The van der Waals surface area contributed by atoms with Gasteiger partial charge in [-0.1, -0.05) is 17.7 Å². The van der Waals surface area contributed by atoms with Crippen molar-refractivity contribution < 1.29 is 14.4 Å². The van der Waals surface area contributed by atoms with Gasteiger partial charge in [-0.15, -0.1) is 5.06 Å². The standard InChI is InChI=1S/C18H27NO3/c1-14-7-9-16(10-8-14)21-13-15-6-5-11-19(12-15)22-17(20)18(2,3)4/h7-10,15H,5-6,11-13H2,1-4H3/t15-/m1/s1. The zero-order valence-electron chi connectivity index (χ0n) is 14.1. The molecule has 0 N–H and O–H groups in total. The third kappa shape index (κ3) is 5.02. The van der Waals surface area contributed by atoms with Crippen molar-refractivity contribution in [2.45, 2.75) is 40.5 Å². The average molecular weight is 305 g/mol. The topological polar surface area (TPSA) is 38.8 Å². The number of aryl methyl sites for hydroxylation is 1. The molecule has 1 atom stereocenters. The van der Waals surface area contributed by atoms with Crippen LogP contribution in [-0.4, -0.2) is 30.7 Å². The number of rotatable bonds is 4. The Labute approximate surface area is 133 Å². The summed E-state index contributed by atoms with van der Waals surface area (Å²) in [6.45, 7) is 9.89. The van der Waals surface area contributed by atoms with E-state index in [-0.39, 0.29) is 5.97 Å². The van der Waals surface area contributed by atoms with E-state index in [1.807, 2.05) is 45.0 Å². The SMILES string of the molecule is Cc1ccc(OC[C@@H]2CCCN(OC(=O)C(C)(C)C)C2)cc1. The smallest absolute Gasteiger partial charge is 0.330 e. The molecule has 1 heterocycles. The van der Waals surface area contributed by atoms with Gasteiger partial charge in [0.1, 0.15) is 5.75 Å². The first kappa shape index (κ1) is 16.8. The number of hydrogen-bond donors (Lipinski definition) is 0. The highest BCUT2D eigenvalue weighted by Gasteiger charge is 2.29. The molecule has 0 radical (unpaired) electrons. The summed E-state index contributed by atoms with van der Waals surface area (Å²) in [5.41, 5.74) is 0.760. The minimum absolute atomic E-state index is 0.174. The van der Waals surface area contributed by atoms with Crippen LogP contribution in [-0.2, 0) is 9.63 Å². The number of hydrogen-bond acceptors (Lipinski definition) is 4. The zero-order chi connectivity index (χ0) is 16.2. The number of piperidine rings is 1. The van der Waals surface area contributed by atoms with E-state index in [1.54, 1.807) is 5.06 Å². The van der Waals surface area contributed by atoms with Crippen LogP contribution in [0.1, 0.15) is 39.2 Å². The molecule has 1 aliphatic rings. The molecule has 22 heavy (non-hydrogen) atoms. The average Bonchev–Trinajstić information content (AvgIpc) is 2.46. The lowest BCUT2D eigenvalue weighted by molar-refractivity contribution is -0.208. The molecule has 0 saturated carbocycles. The predicted molar refractivity (Wildman–Crippen MR) is 86.5 cm³/mol. The van der Waals surface area contributed by atoms with E-state index < -0.39 is 5.41 Å². The van der Waals surface area contributed by atoms with E-state index in [9.17, 15) is 4.79 Å². The number of ether oxygens (including phenoxy) is 1. The molecule has 4 nitrogen and oxygen atoms in total. The van der Waals surface area contributed by atoms with Crippen LogP contribution in [0.5, 0.6) is 5.75 Å². The Hall–Kier alpha value is -1.55. The zero-order valence-corrected chi connectivity index (χ0v) is 14.1. The highest BCUT2D eigenvalue weighted by molar-refractivity contribution is 5.75. The molecule has 1 saturated heterocycles. The Morgan fingerprint density at radius 2 is 1.95 bits per heavy atom. The second-order valence-corrected chi connectivity index (χ2v) is 7.15. The molecular formula is C18H27NO3. The van der Waals surface area contributed by atoms with Crippen molar-refractivity contribution in [1.29, 1.82) is 0 Å². The van der Waals surface area contributed by atoms with Crippen molar-refractivity contribution in [2.24, 2.45) is 11.3 Å². The van der Waals surface area contributed by atoms with Crippen molar-refractivity contribution in [2.75, 3.05) is 19.7 Å². The summed E-state index contributed by atoms with van der Waals surface area (Å²) in [6.07, 6.45) is 2.13. The van der Waals surface area contributed by atoms with Gasteiger partial charge in [0.05, 0.1) is 12.0 Å². The Morgan fingerprint density at radius 1 is 1.27 bits per heavy atom. The summed E-state index contributed by atoms with van der Waals surface area (Å²) in [5, 5.41) is 1.79. The second kappa shape index (κ2) is 7.14. The molecule has 122 valence electrons. The van der Waals surface area contributed by atoms with Crippen molar-refractivity contribution in [3.05, 3.63) is 29.8 Å². The van der Waals surface area contributed by atoms with Gasteiger partial charge < -0.3 is 9.57 Å². The number of benzene rings is 1. The van der Waals surface area contributed by atoms with Gasteiger partial charge in [0.25, 0.3) is 0 Å². The third-order valence-corrected chi connectivity index (χ3v) is 3.81. The van der Waals surface area contributed by atoms with Crippen molar-refractivity contribution >= 4 is 5.97 Å². The summed E-state index contributed by atoms with van der Waals surface area (Å²) in [7, 11) is 0. The third-order valence-electron chi connectivity index (χ3n) is 3.81. The van der Waals surface area contributed by atoms with Crippen LogP contribution in [0.4, 0.5) is 0 Å². The summed E-state index contributed by atoms with van der Waals surface area (Å²) in [5.74, 6) is 1.12. The molecule has 1 aliphatic heterocycles. The first-order valence-corrected chi connectivity index (χ1v) is 8.01. The van der Waals surface area contributed by atoms with Gasteiger partial charge in [0, 0.05) is 19.0 Å². The van der Waals surface area contributed by atoms with E-state index in [4.69, 9.17) is 9.57 Å². The predicted octanol–water partition coefficient (Wildman–Crippen LogP) is 3.59. The molecule has 1 aromatic carbocycles. The molecular weight excluding hydrogens is 278 g/mol. The minimum atomic E-state index is -0.467. The van der Waals surface area contributed by atoms with Crippen molar-refractivity contribution in [3.63, 3.8) is 0 Å². The Morgan fingerprint density at radius 3 is 2.59 bits per heavy atom. The van der Waals surface area contributed by atoms with Gasteiger partial charge in [-0.05, 0) is 52.7 Å². The van der Waals surface area contributed by atoms with E-state index in [0.717, 1.165) is 31.7 Å². The molecule has 0 unspecified atom stereocenters. The fourth-order valence-electron chi connectivity index (χ4n) is 2.35. The van der Waals surface area contributed by atoms with Crippen LogP contribution in [0.3, 0.4) is 0 Å². The lowest BCUT2D eigenvalue weighted by Crippen LogP contribution is -2.41. The molecule has 2 rings (SSSR count). The first-order valence-electron chi connectivity index (χ1n) is 8.01. The van der Waals surface area contributed by atoms with E-state index in [2.05, 4.69) is 6.92 Å². The number of carbonyl (C=O) groups is 1. The second-order valence-electron chi connectivity index (χ2n) is 7.15. The van der Waals surface area contributed by atoms with Crippen molar-refractivity contribution in [3.8, 4) is 5.75 Å². The quantitative estimate of drug-likeness (QED) is 0.852. The molecule has 4 heteroatoms. The molecule has 0 aromatic heterocycles. The Bertz CT molecular complexity index is 490.